The normalized spacial score (nSPS) is 9.75. The van der Waals surface area contributed by atoms with Crippen LogP contribution in [0.2, 0.25) is 0 Å². The van der Waals surface area contributed by atoms with Crippen LogP contribution in [-0.2, 0) is 0 Å². The molecule has 0 saturated carbocycles. The molecule has 0 aliphatic heterocycles. The maximum atomic E-state index is 10.5. The van der Waals surface area contributed by atoms with Crippen LogP contribution in [0.1, 0.15) is 6.92 Å². The van der Waals surface area contributed by atoms with Gasteiger partial charge in [-0.3, -0.25) is 0 Å². The third-order valence-electron chi connectivity index (χ3n) is 1.02. The molecule has 12 heavy (non-hydrogen) atoms. The first-order valence-corrected chi connectivity index (χ1v) is 3.03. The molecule has 8 heteroatoms. The van der Waals surface area contributed by atoms with Gasteiger partial charge in [-0.15, -0.1) is 0 Å². The van der Waals surface area contributed by atoms with Crippen molar-refractivity contribution >= 4 is 5.82 Å². The Labute approximate surface area is 66.0 Å². The molecule has 0 fully saturated rings. The number of ether oxygens (including phenoxy) is 1. The Morgan fingerprint density at radius 3 is 3.00 bits per heavy atom. The van der Waals surface area contributed by atoms with E-state index >= 15 is 0 Å². The highest BCUT2D eigenvalue weighted by Crippen LogP contribution is 2.18. The SMILES string of the molecule is CCOc1no[n+]([O-])c1[N+](=O)[O-]. The van der Waals surface area contributed by atoms with Crippen molar-refractivity contribution in [3.63, 3.8) is 0 Å². The van der Waals surface area contributed by atoms with Crippen molar-refractivity contribution in [2.75, 3.05) is 6.61 Å². The van der Waals surface area contributed by atoms with Crippen molar-refractivity contribution in [1.29, 1.82) is 0 Å². The lowest BCUT2D eigenvalue weighted by atomic mass is 10.7. The Morgan fingerprint density at radius 1 is 1.83 bits per heavy atom. The summed E-state index contributed by atoms with van der Waals surface area (Å²) in [7, 11) is 0. The van der Waals surface area contributed by atoms with Gasteiger partial charge in [-0.05, 0) is 6.92 Å². The monoisotopic (exact) mass is 175 g/mol. The van der Waals surface area contributed by atoms with Gasteiger partial charge in [-0.25, -0.2) is 0 Å². The van der Waals surface area contributed by atoms with Gasteiger partial charge in [-0.2, -0.15) is 4.63 Å². The maximum Gasteiger partial charge on any atom is 0.534 e. The molecule has 0 unspecified atom stereocenters. The second-order valence-electron chi connectivity index (χ2n) is 1.75. The molecule has 0 aliphatic carbocycles. The highest BCUT2D eigenvalue weighted by molar-refractivity contribution is 5.24. The third-order valence-corrected chi connectivity index (χ3v) is 1.02. The molecule has 1 rings (SSSR count). The van der Waals surface area contributed by atoms with E-state index < -0.39 is 16.6 Å². The minimum Gasteiger partial charge on any atom is -0.444 e. The van der Waals surface area contributed by atoms with Crippen LogP contribution in [-0.4, -0.2) is 16.7 Å². The van der Waals surface area contributed by atoms with Crippen LogP contribution >= 0.6 is 0 Å². The van der Waals surface area contributed by atoms with Crippen molar-refractivity contribution in [3.8, 4) is 5.88 Å². The zero-order valence-corrected chi connectivity index (χ0v) is 6.09. The average Bonchev–Trinajstić information content (AvgIpc) is 2.32. The molecule has 1 aromatic heterocycles. The predicted molar refractivity (Wildman–Crippen MR) is 33.3 cm³/mol. The first kappa shape index (κ1) is 8.24. The summed E-state index contributed by atoms with van der Waals surface area (Å²) in [6, 6.07) is 0. The lowest BCUT2D eigenvalue weighted by Gasteiger charge is -1.89. The topological polar surface area (TPSA) is 105 Å². The molecule has 0 bridgehead atoms. The standard InChI is InChI=1S/C4H5N3O5/c1-2-11-3-4(6(8)9)7(10)12-5-3/h2H2,1H3. The molecule has 0 aliphatic rings. The highest BCUT2D eigenvalue weighted by atomic mass is 16.8. The van der Waals surface area contributed by atoms with E-state index in [1.807, 2.05) is 0 Å². The van der Waals surface area contributed by atoms with Crippen molar-refractivity contribution in [3.05, 3.63) is 15.3 Å². The van der Waals surface area contributed by atoms with E-state index in [9.17, 15) is 15.3 Å². The van der Waals surface area contributed by atoms with Gasteiger partial charge < -0.3 is 20.1 Å². The maximum absolute atomic E-state index is 10.5. The summed E-state index contributed by atoms with van der Waals surface area (Å²) in [5, 5.41) is 23.7. The Balaban J connectivity index is 3.04. The van der Waals surface area contributed by atoms with E-state index in [1.165, 1.54) is 0 Å². The molecular formula is C4H5N3O5. The van der Waals surface area contributed by atoms with E-state index in [-0.39, 0.29) is 11.5 Å². The second kappa shape index (κ2) is 3.03. The number of rotatable bonds is 3. The van der Waals surface area contributed by atoms with E-state index in [4.69, 9.17) is 0 Å². The molecule has 0 aromatic carbocycles. The van der Waals surface area contributed by atoms with E-state index in [0.717, 1.165) is 0 Å². The molecule has 1 heterocycles. The van der Waals surface area contributed by atoms with Crippen LogP contribution in [0.15, 0.2) is 4.63 Å². The van der Waals surface area contributed by atoms with Gasteiger partial charge >= 0.3 is 11.7 Å². The van der Waals surface area contributed by atoms with Crippen LogP contribution in [0.3, 0.4) is 0 Å². The number of aromatic nitrogens is 2. The van der Waals surface area contributed by atoms with Gasteiger partial charge in [0.2, 0.25) is 0 Å². The van der Waals surface area contributed by atoms with Crippen molar-refractivity contribution in [2.24, 2.45) is 0 Å². The molecule has 0 atom stereocenters. The second-order valence-corrected chi connectivity index (χ2v) is 1.75. The zero-order chi connectivity index (χ0) is 9.14. The van der Waals surface area contributed by atoms with Gasteiger partial charge in [0.05, 0.1) is 11.5 Å². The van der Waals surface area contributed by atoms with E-state index in [1.54, 1.807) is 6.92 Å². The fourth-order valence-corrected chi connectivity index (χ4v) is 0.604. The fourth-order valence-electron chi connectivity index (χ4n) is 0.604. The summed E-state index contributed by atoms with van der Waals surface area (Å²) in [6.45, 7) is 1.78. The van der Waals surface area contributed by atoms with Crippen LogP contribution in [0, 0.1) is 15.3 Å². The Morgan fingerprint density at radius 2 is 2.50 bits per heavy atom. The summed E-state index contributed by atoms with van der Waals surface area (Å²) >= 11 is 0. The van der Waals surface area contributed by atoms with Gasteiger partial charge in [0.25, 0.3) is 0 Å². The summed E-state index contributed by atoms with van der Waals surface area (Å²) < 4.78 is 8.61. The molecule has 0 spiro atoms. The van der Waals surface area contributed by atoms with Gasteiger partial charge in [0, 0.05) is 4.92 Å². The van der Waals surface area contributed by atoms with Crippen LogP contribution < -0.4 is 9.64 Å². The lowest BCUT2D eigenvalue weighted by molar-refractivity contribution is -0.825. The quantitative estimate of drug-likeness (QED) is 0.352. The van der Waals surface area contributed by atoms with Crippen LogP contribution in [0.25, 0.3) is 0 Å². The number of hydrogen-bond acceptors (Lipinski definition) is 6. The molecule has 0 amide bonds. The molecule has 8 nitrogen and oxygen atoms in total. The smallest absolute Gasteiger partial charge is 0.444 e. The number of nitrogens with zero attached hydrogens (tertiary/aromatic N) is 3. The molecule has 1 aromatic rings. The number of hydrogen-bond donors (Lipinski definition) is 0. The largest absolute Gasteiger partial charge is 0.534 e. The number of nitro groups is 1. The minimum atomic E-state index is -0.922. The van der Waals surface area contributed by atoms with Crippen LogP contribution in [0.5, 0.6) is 5.88 Å². The van der Waals surface area contributed by atoms with E-state index in [2.05, 4.69) is 14.5 Å². The first-order chi connectivity index (χ1) is 5.66. The average molecular weight is 175 g/mol. The van der Waals surface area contributed by atoms with E-state index in [0.29, 0.717) is 0 Å². The predicted octanol–water partition coefficient (Wildman–Crippen LogP) is -0.385. The van der Waals surface area contributed by atoms with Crippen molar-refractivity contribution < 1.29 is 19.2 Å². The molecule has 0 radical (unpaired) electrons. The van der Waals surface area contributed by atoms with Gasteiger partial charge in [0.1, 0.15) is 0 Å². The Bertz CT molecular complexity index is 295. The third kappa shape index (κ3) is 1.26. The highest BCUT2D eigenvalue weighted by Gasteiger charge is 2.32. The summed E-state index contributed by atoms with van der Waals surface area (Å²) in [5.41, 5.74) is 0. The van der Waals surface area contributed by atoms with Gasteiger partial charge in [-0.1, -0.05) is 0 Å². The molecule has 66 valence electrons. The van der Waals surface area contributed by atoms with Gasteiger partial charge in [0.15, 0.2) is 5.16 Å². The van der Waals surface area contributed by atoms with Crippen molar-refractivity contribution in [1.82, 2.24) is 5.16 Å². The summed E-state index contributed by atoms with van der Waals surface area (Å²) in [5.74, 6) is -1.24. The molecule has 0 saturated heterocycles. The minimum absolute atomic E-state index is 0.174. The summed E-state index contributed by atoms with van der Waals surface area (Å²) in [4.78, 5) is 8.95. The first-order valence-electron chi connectivity index (χ1n) is 3.03. The Kier molecular flexibility index (Phi) is 2.08. The molecule has 0 N–H and O–H groups in total. The Hall–Kier alpha value is -1.86. The lowest BCUT2D eigenvalue weighted by Crippen LogP contribution is -2.26. The van der Waals surface area contributed by atoms with Crippen molar-refractivity contribution in [2.45, 2.75) is 6.92 Å². The molecular weight excluding hydrogens is 170 g/mol. The summed E-state index contributed by atoms with van der Waals surface area (Å²) in [6.07, 6.45) is 0. The zero-order valence-electron chi connectivity index (χ0n) is 6.09. The van der Waals surface area contributed by atoms with Crippen LogP contribution in [0.4, 0.5) is 5.82 Å². The fraction of sp³-hybridized carbons (Fsp3) is 0.500.